The quantitative estimate of drug-likeness (QED) is 0.786. The van der Waals surface area contributed by atoms with Crippen LogP contribution in [0.2, 0.25) is 5.02 Å². The number of hydrogen-bond donors (Lipinski definition) is 2. The average molecular weight is 351 g/mol. The first-order valence-electron chi connectivity index (χ1n) is 6.70. The van der Waals surface area contributed by atoms with E-state index in [0.29, 0.717) is 10.7 Å². The smallest absolute Gasteiger partial charge is 0.255 e. The molecule has 7 heteroatoms. The maximum absolute atomic E-state index is 12.3. The molecule has 0 saturated carbocycles. The number of sulfonamides is 1. The molecule has 0 unspecified atom stereocenters. The van der Waals surface area contributed by atoms with Crippen LogP contribution in [0.5, 0.6) is 0 Å². The van der Waals surface area contributed by atoms with Crippen molar-refractivity contribution in [1.82, 2.24) is 4.72 Å². The second-order valence-electron chi connectivity index (χ2n) is 4.60. The first-order chi connectivity index (χ1) is 10.9. The van der Waals surface area contributed by atoms with Crippen molar-refractivity contribution in [3.63, 3.8) is 0 Å². The molecule has 0 spiro atoms. The molecule has 2 aromatic carbocycles. The molecule has 2 aromatic rings. The third-order valence-corrected chi connectivity index (χ3v) is 4.70. The summed E-state index contributed by atoms with van der Waals surface area (Å²) in [5, 5.41) is 3.05. The molecule has 0 bridgehead atoms. The van der Waals surface area contributed by atoms with Crippen molar-refractivity contribution < 1.29 is 13.2 Å². The molecule has 0 heterocycles. The van der Waals surface area contributed by atoms with Gasteiger partial charge in [0.25, 0.3) is 5.91 Å². The van der Waals surface area contributed by atoms with Gasteiger partial charge in [0, 0.05) is 12.1 Å². The molecule has 2 rings (SSSR count). The first kappa shape index (κ1) is 17.2. The lowest BCUT2D eigenvalue weighted by atomic mass is 10.2. The average Bonchev–Trinajstić information content (AvgIpc) is 2.55. The minimum absolute atomic E-state index is 0.00570. The molecule has 0 atom stereocenters. The summed E-state index contributed by atoms with van der Waals surface area (Å²) < 4.78 is 26.5. The highest BCUT2D eigenvalue weighted by Crippen LogP contribution is 2.21. The fraction of sp³-hybridized carbons (Fsp3) is 0.0625. The SMILES string of the molecule is C=CCNS(=O)(=O)c1cccc(C(=O)Nc2ccccc2Cl)c1. The maximum atomic E-state index is 12.3. The zero-order chi connectivity index (χ0) is 16.9. The third kappa shape index (κ3) is 4.41. The van der Waals surface area contributed by atoms with E-state index < -0.39 is 15.9 Å². The molecule has 0 saturated heterocycles. The number of rotatable bonds is 6. The van der Waals surface area contributed by atoms with E-state index in [4.69, 9.17) is 11.6 Å². The van der Waals surface area contributed by atoms with Gasteiger partial charge in [0.05, 0.1) is 15.6 Å². The third-order valence-electron chi connectivity index (χ3n) is 2.95. The Hall–Kier alpha value is -2.15. The Bertz CT molecular complexity index is 835. The van der Waals surface area contributed by atoms with E-state index in [1.54, 1.807) is 24.3 Å². The molecule has 0 aliphatic carbocycles. The molecular formula is C16H15ClN2O3S. The van der Waals surface area contributed by atoms with Gasteiger partial charge in [0.2, 0.25) is 10.0 Å². The van der Waals surface area contributed by atoms with E-state index in [-0.39, 0.29) is 17.0 Å². The fourth-order valence-electron chi connectivity index (χ4n) is 1.81. The van der Waals surface area contributed by atoms with Gasteiger partial charge in [-0.05, 0) is 30.3 Å². The lowest BCUT2D eigenvalue weighted by Gasteiger charge is -2.09. The van der Waals surface area contributed by atoms with E-state index in [2.05, 4.69) is 16.6 Å². The molecule has 0 fully saturated rings. The monoisotopic (exact) mass is 350 g/mol. The maximum Gasteiger partial charge on any atom is 0.255 e. The van der Waals surface area contributed by atoms with Gasteiger partial charge in [-0.15, -0.1) is 6.58 Å². The van der Waals surface area contributed by atoms with Crippen molar-refractivity contribution in [2.75, 3.05) is 11.9 Å². The highest BCUT2D eigenvalue weighted by molar-refractivity contribution is 7.89. The molecule has 0 radical (unpaired) electrons. The van der Waals surface area contributed by atoms with Crippen LogP contribution in [-0.4, -0.2) is 20.9 Å². The Balaban J connectivity index is 2.24. The minimum Gasteiger partial charge on any atom is -0.321 e. The van der Waals surface area contributed by atoms with E-state index in [9.17, 15) is 13.2 Å². The second kappa shape index (κ2) is 7.41. The predicted molar refractivity (Wildman–Crippen MR) is 91.2 cm³/mol. The largest absolute Gasteiger partial charge is 0.321 e. The van der Waals surface area contributed by atoms with Crippen LogP contribution in [0.4, 0.5) is 5.69 Å². The van der Waals surface area contributed by atoms with Crippen LogP contribution in [0.15, 0.2) is 66.1 Å². The van der Waals surface area contributed by atoms with Crippen LogP contribution in [-0.2, 0) is 10.0 Å². The number of nitrogens with one attached hydrogen (secondary N) is 2. The van der Waals surface area contributed by atoms with Crippen LogP contribution in [0.1, 0.15) is 10.4 Å². The molecule has 0 aliphatic heterocycles. The summed E-state index contributed by atoms with van der Waals surface area (Å²) in [6.45, 7) is 3.56. The summed E-state index contributed by atoms with van der Waals surface area (Å²) in [6, 6.07) is 12.5. The van der Waals surface area contributed by atoms with Crippen molar-refractivity contribution in [3.05, 3.63) is 71.8 Å². The van der Waals surface area contributed by atoms with Gasteiger partial charge in [0.15, 0.2) is 0 Å². The number of hydrogen-bond acceptors (Lipinski definition) is 3. The fourth-order valence-corrected chi connectivity index (χ4v) is 3.04. The molecule has 23 heavy (non-hydrogen) atoms. The number of para-hydroxylation sites is 1. The topological polar surface area (TPSA) is 75.3 Å². The van der Waals surface area contributed by atoms with Crippen LogP contribution < -0.4 is 10.0 Å². The highest BCUT2D eigenvalue weighted by Gasteiger charge is 2.15. The van der Waals surface area contributed by atoms with Gasteiger partial charge < -0.3 is 5.32 Å². The van der Waals surface area contributed by atoms with Gasteiger partial charge in [-0.25, -0.2) is 13.1 Å². The molecule has 0 aromatic heterocycles. The van der Waals surface area contributed by atoms with E-state index in [1.807, 2.05) is 0 Å². The Morgan fingerprint density at radius 1 is 1.17 bits per heavy atom. The van der Waals surface area contributed by atoms with Crippen molar-refractivity contribution in [2.24, 2.45) is 0 Å². The molecule has 1 amide bonds. The zero-order valence-electron chi connectivity index (χ0n) is 12.1. The van der Waals surface area contributed by atoms with Crippen LogP contribution in [0, 0.1) is 0 Å². The number of amides is 1. The minimum atomic E-state index is -3.69. The van der Waals surface area contributed by atoms with Crippen molar-refractivity contribution in [1.29, 1.82) is 0 Å². The lowest BCUT2D eigenvalue weighted by molar-refractivity contribution is 0.102. The van der Waals surface area contributed by atoms with Gasteiger partial charge >= 0.3 is 0 Å². The van der Waals surface area contributed by atoms with Crippen LogP contribution in [0.25, 0.3) is 0 Å². The Morgan fingerprint density at radius 3 is 2.61 bits per heavy atom. The van der Waals surface area contributed by atoms with Crippen LogP contribution in [0.3, 0.4) is 0 Å². The zero-order valence-corrected chi connectivity index (χ0v) is 13.7. The summed E-state index contributed by atoms with van der Waals surface area (Å²) in [4.78, 5) is 12.3. The van der Waals surface area contributed by atoms with Crippen molar-refractivity contribution in [3.8, 4) is 0 Å². The Labute approximate surface area is 140 Å². The van der Waals surface area contributed by atoms with E-state index in [1.165, 1.54) is 30.3 Å². The van der Waals surface area contributed by atoms with E-state index >= 15 is 0 Å². The predicted octanol–water partition coefficient (Wildman–Crippen LogP) is 3.06. The van der Waals surface area contributed by atoms with Gasteiger partial charge in [-0.3, -0.25) is 4.79 Å². The normalized spacial score (nSPS) is 11.0. The summed E-state index contributed by atoms with van der Waals surface area (Å²) in [7, 11) is -3.69. The highest BCUT2D eigenvalue weighted by atomic mass is 35.5. The number of carbonyl (C=O) groups excluding carboxylic acids is 1. The Morgan fingerprint density at radius 2 is 1.91 bits per heavy atom. The molecule has 0 aliphatic rings. The Kier molecular flexibility index (Phi) is 5.54. The van der Waals surface area contributed by atoms with Crippen LogP contribution >= 0.6 is 11.6 Å². The lowest BCUT2D eigenvalue weighted by Crippen LogP contribution is -2.24. The molecule has 120 valence electrons. The van der Waals surface area contributed by atoms with Crippen molar-refractivity contribution in [2.45, 2.75) is 4.90 Å². The summed E-state index contributed by atoms with van der Waals surface area (Å²) >= 11 is 5.99. The summed E-state index contributed by atoms with van der Waals surface area (Å²) in [6.07, 6.45) is 1.44. The first-order valence-corrected chi connectivity index (χ1v) is 8.56. The molecular weight excluding hydrogens is 336 g/mol. The van der Waals surface area contributed by atoms with E-state index in [0.717, 1.165) is 0 Å². The number of anilines is 1. The summed E-state index contributed by atoms with van der Waals surface area (Å²) in [5.74, 6) is -0.445. The second-order valence-corrected chi connectivity index (χ2v) is 6.78. The van der Waals surface area contributed by atoms with Crippen molar-refractivity contribution >= 4 is 33.2 Å². The standard InChI is InChI=1S/C16H15ClN2O3S/c1-2-10-18-23(21,22)13-7-5-6-12(11-13)16(20)19-15-9-4-3-8-14(15)17/h2-9,11,18H,1,10H2,(H,19,20). The van der Waals surface area contributed by atoms with Gasteiger partial charge in [-0.1, -0.05) is 35.9 Å². The van der Waals surface area contributed by atoms with Gasteiger partial charge in [-0.2, -0.15) is 0 Å². The van der Waals surface area contributed by atoms with Gasteiger partial charge in [0.1, 0.15) is 0 Å². The summed E-state index contributed by atoms with van der Waals surface area (Å²) in [5.41, 5.74) is 0.670. The number of halogens is 1. The number of carbonyl (C=O) groups is 1. The molecule has 5 nitrogen and oxygen atoms in total. The number of benzene rings is 2. The molecule has 2 N–H and O–H groups in total.